The molecule has 0 aliphatic carbocycles. The van der Waals surface area contributed by atoms with E-state index in [1.54, 1.807) is 6.92 Å². The van der Waals surface area contributed by atoms with Gasteiger partial charge in [-0.15, -0.1) is 0 Å². The molecule has 0 fully saturated rings. The third kappa shape index (κ3) is 1.20. The predicted molar refractivity (Wildman–Crippen MR) is 58.9 cm³/mol. The molecule has 17 heavy (non-hydrogen) atoms. The van der Waals surface area contributed by atoms with Crippen molar-refractivity contribution in [1.29, 1.82) is 0 Å². The van der Waals surface area contributed by atoms with Gasteiger partial charge in [-0.3, -0.25) is 9.89 Å². The van der Waals surface area contributed by atoms with E-state index in [9.17, 15) is 13.6 Å². The molecule has 0 aliphatic heterocycles. The molecule has 0 saturated heterocycles. The first-order chi connectivity index (χ1) is 8.09. The Hall–Kier alpha value is -2.24. The van der Waals surface area contributed by atoms with Crippen molar-refractivity contribution in [2.75, 3.05) is 0 Å². The molecule has 2 aromatic heterocycles. The van der Waals surface area contributed by atoms with Gasteiger partial charge in [0.25, 0.3) is 0 Å². The van der Waals surface area contributed by atoms with E-state index in [2.05, 4.69) is 15.2 Å². The fourth-order valence-electron chi connectivity index (χ4n) is 2.02. The van der Waals surface area contributed by atoms with Crippen LogP contribution in [0, 0.1) is 18.6 Å². The molecule has 0 radical (unpaired) electrons. The van der Waals surface area contributed by atoms with Gasteiger partial charge < -0.3 is 5.10 Å². The van der Waals surface area contributed by atoms with Crippen molar-refractivity contribution < 1.29 is 8.78 Å². The van der Waals surface area contributed by atoms with Crippen molar-refractivity contribution in [3.05, 3.63) is 39.8 Å². The van der Waals surface area contributed by atoms with Crippen molar-refractivity contribution in [1.82, 2.24) is 15.2 Å². The van der Waals surface area contributed by atoms with Crippen LogP contribution in [0.25, 0.3) is 21.8 Å². The SMILES string of the molecule is Cc1nc2[nH][nH]cc2c2c(F)c(=O)cc(F)c12. The highest BCUT2D eigenvalue weighted by Gasteiger charge is 2.17. The number of hydrogen-bond donors (Lipinski definition) is 2. The molecule has 0 aliphatic rings. The maximum Gasteiger partial charge on any atom is 0.217 e. The monoisotopic (exact) mass is 235 g/mol. The zero-order valence-electron chi connectivity index (χ0n) is 8.77. The van der Waals surface area contributed by atoms with E-state index in [-0.39, 0.29) is 10.8 Å². The molecule has 0 bridgehead atoms. The topological polar surface area (TPSA) is 61.5 Å². The Bertz CT molecular complexity index is 804. The van der Waals surface area contributed by atoms with Gasteiger partial charge in [0.1, 0.15) is 5.82 Å². The lowest BCUT2D eigenvalue weighted by atomic mass is 10.1. The highest BCUT2D eigenvalue weighted by molar-refractivity contribution is 6.05. The molecule has 2 N–H and O–H groups in total. The Balaban J connectivity index is 2.77. The number of aryl methyl sites for hydroxylation is 1. The maximum absolute atomic E-state index is 13.8. The number of hydrogen-bond acceptors (Lipinski definition) is 2. The normalized spacial score (nSPS) is 11.5. The first-order valence-electron chi connectivity index (χ1n) is 4.93. The fraction of sp³-hybridized carbons (Fsp3) is 0.0909. The maximum atomic E-state index is 13.8. The second-order valence-electron chi connectivity index (χ2n) is 3.79. The van der Waals surface area contributed by atoms with E-state index >= 15 is 0 Å². The van der Waals surface area contributed by atoms with Gasteiger partial charge in [-0.25, -0.2) is 13.8 Å². The van der Waals surface area contributed by atoms with Gasteiger partial charge >= 0.3 is 0 Å². The molecule has 0 atom stereocenters. The van der Waals surface area contributed by atoms with Crippen LogP contribution in [0.4, 0.5) is 8.78 Å². The van der Waals surface area contributed by atoms with E-state index < -0.39 is 17.1 Å². The minimum absolute atomic E-state index is 0.0324. The number of nitrogens with one attached hydrogen (secondary N) is 2. The summed E-state index contributed by atoms with van der Waals surface area (Å²) in [5.74, 6) is -1.70. The van der Waals surface area contributed by atoms with Crippen LogP contribution in [0.5, 0.6) is 0 Å². The highest BCUT2D eigenvalue weighted by atomic mass is 19.1. The molecule has 0 unspecified atom stereocenters. The molecular formula is C11H7F2N3O. The summed E-state index contributed by atoms with van der Waals surface area (Å²) in [4.78, 5) is 15.4. The number of benzene rings is 1. The van der Waals surface area contributed by atoms with Crippen LogP contribution in [0.15, 0.2) is 17.1 Å². The van der Waals surface area contributed by atoms with Crippen molar-refractivity contribution in [2.45, 2.75) is 6.92 Å². The van der Waals surface area contributed by atoms with E-state index in [0.717, 1.165) is 0 Å². The smallest absolute Gasteiger partial charge is 0.217 e. The Morgan fingerprint density at radius 3 is 2.82 bits per heavy atom. The molecule has 0 amide bonds. The lowest BCUT2D eigenvalue weighted by Crippen LogP contribution is -2.08. The van der Waals surface area contributed by atoms with Crippen molar-refractivity contribution in [3.8, 4) is 0 Å². The summed E-state index contributed by atoms with van der Waals surface area (Å²) in [7, 11) is 0. The third-order valence-electron chi connectivity index (χ3n) is 2.76. The van der Waals surface area contributed by atoms with E-state index in [1.807, 2.05) is 0 Å². The number of halogens is 2. The molecular weight excluding hydrogens is 228 g/mol. The fourth-order valence-corrected chi connectivity index (χ4v) is 2.02. The van der Waals surface area contributed by atoms with Crippen LogP contribution >= 0.6 is 0 Å². The Morgan fingerprint density at radius 1 is 1.29 bits per heavy atom. The number of H-pyrrole nitrogens is 2. The van der Waals surface area contributed by atoms with Gasteiger partial charge in [0.2, 0.25) is 5.43 Å². The van der Waals surface area contributed by atoms with Crippen LogP contribution in [-0.4, -0.2) is 15.2 Å². The van der Waals surface area contributed by atoms with Crippen molar-refractivity contribution in [3.63, 3.8) is 0 Å². The molecule has 2 heterocycles. The van der Waals surface area contributed by atoms with Crippen molar-refractivity contribution in [2.24, 2.45) is 0 Å². The minimum Gasteiger partial charge on any atom is -0.306 e. The molecule has 0 saturated carbocycles. The van der Waals surface area contributed by atoms with Crippen LogP contribution < -0.4 is 5.43 Å². The summed E-state index contributed by atoms with van der Waals surface area (Å²) in [5.41, 5.74) is -0.234. The van der Waals surface area contributed by atoms with Crippen LogP contribution in [0.2, 0.25) is 0 Å². The Morgan fingerprint density at radius 2 is 2.06 bits per heavy atom. The summed E-state index contributed by atoms with van der Waals surface area (Å²) >= 11 is 0. The third-order valence-corrected chi connectivity index (χ3v) is 2.76. The standard InChI is InChI=1S/C11H7F2N3O/c1-4-8-6(12)2-7(17)10(13)9(8)5-3-14-16-11(5)15-4/h2-3H,1H3,(H2,14,15,16). The number of aromatic nitrogens is 3. The second kappa shape index (κ2) is 3.13. The molecule has 3 rings (SSSR count). The molecule has 86 valence electrons. The van der Waals surface area contributed by atoms with Gasteiger partial charge in [0, 0.05) is 28.4 Å². The molecule has 0 spiro atoms. The van der Waals surface area contributed by atoms with Gasteiger partial charge in [-0.1, -0.05) is 0 Å². The highest BCUT2D eigenvalue weighted by Crippen LogP contribution is 2.27. The summed E-state index contributed by atoms with van der Waals surface area (Å²) in [6.45, 7) is 1.57. The molecule has 1 aromatic carbocycles. The summed E-state index contributed by atoms with van der Waals surface area (Å²) in [6, 6.07) is 0.647. The quantitative estimate of drug-likeness (QED) is 0.626. The lowest BCUT2D eigenvalue weighted by molar-refractivity contribution is 0.609. The lowest BCUT2D eigenvalue weighted by Gasteiger charge is -2.04. The van der Waals surface area contributed by atoms with Gasteiger partial charge in [-0.2, -0.15) is 0 Å². The zero-order valence-corrected chi connectivity index (χ0v) is 8.77. The largest absolute Gasteiger partial charge is 0.306 e. The zero-order chi connectivity index (χ0) is 12.2. The number of rotatable bonds is 0. The molecule has 6 heteroatoms. The first-order valence-corrected chi connectivity index (χ1v) is 4.93. The van der Waals surface area contributed by atoms with Gasteiger partial charge in [0.15, 0.2) is 11.5 Å². The minimum atomic E-state index is -0.955. The average molecular weight is 235 g/mol. The second-order valence-corrected chi connectivity index (χ2v) is 3.79. The van der Waals surface area contributed by atoms with Gasteiger partial charge in [0.05, 0.1) is 5.69 Å². The molecule has 4 nitrogen and oxygen atoms in total. The Kier molecular flexibility index (Phi) is 1.83. The molecule has 3 aromatic rings. The van der Waals surface area contributed by atoms with Crippen molar-refractivity contribution >= 4 is 21.8 Å². The van der Waals surface area contributed by atoms with Gasteiger partial charge in [-0.05, 0) is 6.92 Å². The summed E-state index contributed by atoms with van der Waals surface area (Å²) in [6.07, 6.45) is 1.45. The summed E-state index contributed by atoms with van der Waals surface area (Å²) in [5, 5.41) is 5.71. The number of aromatic amines is 2. The number of nitrogens with zero attached hydrogens (tertiary/aromatic N) is 1. The van der Waals surface area contributed by atoms with E-state index in [0.29, 0.717) is 22.8 Å². The van der Waals surface area contributed by atoms with Crippen LogP contribution in [-0.2, 0) is 0 Å². The average Bonchev–Trinajstić information content (AvgIpc) is 2.71. The van der Waals surface area contributed by atoms with Crippen LogP contribution in [0.3, 0.4) is 0 Å². The Labute approximate surface area is 93.3 Å². The summed E-state index contributed by atoms with van der Waals surface area (Å²) < 4.78 is 27.5. The predicted octanol–water partition coefficient (Wildman–Crippen LogP) is 1.99. The number of fused-ring (bicyclic) bond motifs is 3. The first kappa shape index (κ1) is 9.95. The van der Waals surface area contributed by atoms with Crippen LogP contribution in [0.1, 0.15) is 5.69 Å². The number of pyridine rings is 1. The van der Waals surface area contributed by atoms with E-state index in [1.165, 1.54) is 6.20 Å². The van der Waals surface area contributed by atoms with E-state index in [4.69, 9.17) is 0 Å².